The van der Waals surface area contributed by atoms with E-state index in [0.717, 1.165) is 0 Å². The number of carbonyl (C=O) groups excluding carboxylic acids is 2. The largest absolute Gasteiger partial charge is 0.396 e. The summed E-state index contributed by atoms with van der Waals surface area (Å²) in [4.78, 5) is 25.1. The Balaban J connectivity index is 1.44. The molecule has 0 radical (unpaired) electrons. The van der Waals surface area contributed by atoms with Crippen molar-refractivity contribution in [2.45, 2.75) is 75.3 Å². The average molecular weight is 700 g/mol. The van der Waals surface area contributed by atoms with Crippen molar-refractivity contribution in [3.63, 3.8) is 0 Å². The standard InChI is InChI=1S/C30H57N3O15/c1-19(36)31-24-22(16-21(17-34)26(38)28(24)40)46-14-12-44-10-8-42-6-4-33(3)5-7-43-9-11-45-13-15-47-30-25(32-20(2)37)29(41)27(39)23(18-35)48-30/h21-30,34-35,38-41H,4-18H2,1-3H3,(H,31,36)(H,32,37)/t21?,22-,23?,24?,25?,26+,27+,28-,29-,30-/m1/s1. The first-order valence-corrected chi connectivity index (χ1v) is 16.4. The zero-order valence-electron chi connectivity index (χ0n) is 28.2. The molecule has 0 aromatic rings. The third kappa shape index (κ3) is 15.1. The van der Waals surface area contributed by atoms with Crippen LogP contribution in [-0.2, 0) is 42.7 Å². The van der Waals surface area contributed by atoms with Crippen molar-refractivity contribution in [3.05, 3.63) is 0 Å². The molecule has 2 fully saturated rings. The molecule has 18 heteroatoms. The highest BCUT2D eigenvalue weighted by molar-refractivity contribution is 5.73. The first-order valence-electron chi connectivity index (χ1n) is 16.4. The van der Waals surface area contributed by atoms with Gasteiger partial charge in [-0.05, 0) is 13.5 Å². The predicted molar refractivity (Wildman–Crippen MR) is 167 cm³/mol. The molecule has 1 heterocycles. The molecule has 0 bridgehead atoms. The van der Waals surface area contributed by atoms with Crippen molar-refractivity contribution in [2.75, 3.05) is 99.4 Å². The number of aliphatic hydroxyl groups excluding tert-OH is 6. The molecule has 10 atom stereocenters. The second kappa shape index (κ2) is 23.7. The molecule has 1 saturated heterocycles. The van der Waals surface area contributed by atoms with Gasteiger partial charge in [-0.25, -0.2) is 0 Å². The lowest BCUT2D eigenvalue weighted by Crippen LogP contribution is -2.64. The van der Waals surface area contributed by atoms with Crippen molar-refractivity contribution < 1.29 is 73.4 Å². The Morgan fingerprint density at radius 3 is 1.67 bits per heavy atom. The maximum atomic E-state index is 11.5. The lowest BCUT2D eigenvalue weighted by atomic mass is 9.79. The van der Waals surface area contributed by atoms with E-state index in [1.807, 2.05) is 7.05 Å². The molecule has 2 aliphatic rings. The Morgan fingerprint density at radius 1 is 0.667 bits per heavy atom. The number of amides is 2. The van der Waals surface area contributed by atoms with Gasteiger partial charge in [0.25, 0.3) is 0 Å². The van der Waals surface area contributed by atoms with E-state index in [1.165, 1.54) is 13.8 Å². The molecule has 2 amide bonds. The molecule has 0 aromatic heterocycles. The van der Waals surface area contributed by atoms with Crippen LogP contribution in [-0.4, -0.2) is 202 Å². The van der Waals surface area contributed by atoms with Crippen LogP contribution in [0, 0.1) is 5.92 Å². The van der Waals surface area contributed by atoms with Crippen molar-refractivity contribution in [3.8, 4) is 0 Å². The first kappa shape index (κ1) is 42.5. The van der Waals surface area contributed by atoms with E-state index in [4.69, 9.17) is 33.2 Å². The third-order valence-electron chi connectivity index (χ3n) is 8.04. The topological polar surface area (TPSA) is 247 Å². The van der Waals surface area contributed by atoms with Crippen molar-refractivity contribution in [2.24, 2.45) is 5.92 Å². The lowest BCUT2D eigenvalue weighted by Gasteiger charge is -2.42. The second-order valence-corrected chi connectivity index (χ2v) is 11.9. The fourth-order valence-corrected chi connectivity index (χ4v) is 5.35. The molecule has 1 saturated carbocycles. The van der Waals surface area contributed by atoms with E-state index in [9.17, 15) is 40.2 Å². The van der Waals surface area contributed by atoms with Crippen LogP contribution in [0.4, 0.5) is 0 Å². The first-order chi connectivity index (χ1) is 23.0. The molecule has 18 nitrogen and oxygen atoms in total. The number of aliphatic hydroxyl groups is 6. The molecule has 282 valence electrons. The summed E-state index contributed by atoms with van der Waals surface area (Å²) in [7, 11) is 1.95. The van der Waals surface area contributed by atoms with E-state index < -0.39 is 73.4 Å². The minimum atomic E-state index is -1.37. The molecule has 0 spiro atoms. The summed E-state index contributed by atoms with van der Waals surface area (Å²) in [6.07, 6.45) is -7.53. The molecular weight excluding hydrogens is 642 g/mol. The molecule has 48 heavy (non-hydrogen) atoms. The van der Waals surface area contributed by atoms with Crippen LogP contribution in [0.15, 0.2) is 0 Å². The Bertz CT molecular complexity index is 824. The van der Waals surface area contributed by atoms with E-state index in [0.29, 0.717) is 59.2 Å². The van der Waals surface area contributed by atoms with Gasteiger partial charge < -0.3 is 79.3 Å². The number of likely N-dealkylation sites (N-methyl/N-ethyl adjacent to an activating group) is 1. The van der Waals surface area contributed by atoms with Gasteiger partial charge in [0.1, 0.15) is 30.5 Å². The van der Waals surface area contributed by atoms with Crippen LogP contribution < -0.4 is 10.6 Å². The monoisotopic (exact) mass is 699 g/mol. The van der Waals surface area contributed by atoms with Crippen LogP contribution >= 0.6 is 0 Å². The Morgan fingerprint density at radius 2 is 1.15 bits per heavy atom. The summed E-state index contributed by atoms with van der Waals surface area (Å²) in [6.45, 7) is 6.38. The van der Waals surface area contributed by atoms with Crippen LogP contribution in [0.5, 0.6) is 0 Å². The molecule has 4 unspecified atom stereocenters. The van der Waals surface area contributed by atoms with Gasteiger partial charge in [-0.15, -0.1) is 0 Å². The van der Waals surface area contributed by atoms with Gasteiger partial charge in [-0.2, -0.15) is 0 Å². The fourth-order valence-electron chi connectivity index (χ4n) is 5.35. The molecule has 1 aliphatic carbocycles. The Kier molecular flexibility index (Phi) is 21.0. The molecule has 8 N–H and O–H groups in total. The van der Waals surface area contributed by atoms with Gasteiger partial charge in [-0.1, -0.05) is 0 Å². The number of hydrogen-bond donors (Lipinski definition) is 8. The van der Waals surface area contributed by atoms with Crippen molar-refractivity contribution in [1.29, 1.82) is 0 Å². The number of hydrogen-bond acceptors (Lipinski definition) is 16. The Hall–Kier alpha value is -1.62. The smallest absolute Gasteiger partial charge is 0.217 e. The zero-order valence-corrected chi connectivity index (χ0v) is 28.2. The van der Waals surface area contributed by atoms with Crippen LogP contribution in [0.25, 0.3) is 0 Å². The number of carbonyl (C=O) groups is 2. The van der Waals surface area contributed by atoms with Gasteiger partial charge in [0, 0.05) is 39.5 Å². The lowest BCUT2D eigenvalue weighted by molar-refractivity contribution is -0.272. The summed E-state index contributed by atoms with van der Waals surface area (Å²) in [5.41, 5.74) is 0. The van der Waals surface area contributed by atoms with Crippen LogP contribution in [0.2, 0.25) is 0 Å². The SMILES string of the molecule is CC(=O)NC1[C@H](OCCOCCOCCN(C)CCOCCOCCO[C@@H]2CC(CO)[C@H](O)[C@H](O)C2NC(C)=O)OC(CO)[C@H](O)[C@@H]1O. The maximum absolute atomic E-state index is 11.5. The quantitative estimate of drug-likeness (QED) is 0.0443. The number of ether oxygens (including phenoxy) is 7. The summed E-state index contributed by atoms with van der Waals surface area (Å²) >= 11 is 0. The average Bonchev–Trinajstić information content (AvgIpc) is 3.05. The molecule has 2 rings (SSSR count). The van der Waals surface area contributed by atoms with E-state index in [2.05, 4.69) is 15.5 Å². The minimum absolute atomic E-state index is 0.0900. The van der Waals surface area contributed by atoms with E-state index >= 15 is 0 Å². The number of nitrogens with one attached hydrogen (secondary N) is 2. The minimum Gasteiger partial charge on any atom is -0.396 e. The van der Waals surface area contributed by atoms with Gasteiger partial charge in [0.15, 0.2) is 6.29 Å². The summed E-state index contributed by atoms with van der Waals surface area (Å²) in [6, 6.07) is -1.78. The predicted octanol–water partition coefficient (Wildman–Crippen LogP) is -4.43. The van der Waals surface area contributed by atoms with Gasteiger partial charge in [0.05, 0.1) is 90.9 Å². The summed E-state index contributed by atoms with van der Waals surface area (Å²) in [5.74, 6) is -1.33. The maximum Gasteiger partial charge on any atom is 0.217 e. The van der Waals surface area contributed by atoms with E-state index in [1.54, 1.807) is 0 Å². The molecular formula is C30H57N3O15. The van der Waals surface area contributed by atoms with Gasteiger partial charge >= 0.3 is 0 Å². The summed E-state index contributed by atoms with van der Waals surface area (Å²) in [5, 5.41) is 64.8. The molecule has 0 aromatic carbocycles. The normalized spacial score (nSPS) is 30.8. The third-order valence-corrected chi connectivity index (χ3v) is 8.04. The second-order valence-electron chi connectivity index (χ2n) is 11.9. The molecule has 1 aliphatic heterocycles. The van der Waals surface area contributed by atoms with E-state index in [-0.39, 0.29) is 38.9 Å². The number of nitrogens with zero attached hydrogens (tertiary/aromatic N) is 1. The van der Waals surface area contributed by atoms with Gasteiger partial charge in [-0.3, -0.25) is 9.59 Å². The van der Waals surface area contributed by atoms with Crippen LogP contribution in [0.3, 0.4) is 0 Å². The summed E-state index contributed by atoms with van der Waals surface area (Å²) < 4.78 is 39.1. The van der Waals surface area contributed by atoms with Gasteiger partial charge in [0.2, 0.25) is 11.8 Å². The van der Waals surface area contributed by atoms with Crippen molar-refractivity contribution >= 4 is 11.8 Å². The van der Waals surface area contributed by atoms with Crippen LogP contribution in [0.1, 0.15) is 20.3 Å². The Labute approximate surface area is 281 Å². The zero-order chi connectivity index (χ0) is 35.5. The van der Waals surface area contributed by atoms with Crippen molar-refractivity contribution in [1.82, 2.24) is 15.5 Å². The highest BCUT2D eigenvalue weighted by Gasteiger charge is 2.46. The fraction of sp³-hybridized carbons (Fsp3) is 0.933. The highest BCUT2D eigenvalue weighted by Crippen LogP contribution is 2.28. The number of rotatable bonds is 24. The highest BCUT2D eigenvalue weighted by atomic mass is 16.7.